The van der Waals surface area contributed by atoms with Crippen LogP contribution < -0.4 is 0 Å². The Balaban J connectivity index is 1.52. The molecule has 2 aromatic rings. The zero-order valence-corrected chi connectivity index (χ0v) is 49.5. The minimum atomic E-state index is -3.05. The fraction of sp³-hybridized carbons (Fsp3) is 0.818. The third kappa shape index (κ3) is 15.0. The van der Waals surface area contributed by atoms with Crippen molar-refractivity contribution in [1.29, 1.82) is 0 Å². The summed E-state index contributed by atoms with van der Waals surface area (Å²) < 4.78 is 98.2. The lowest BCUT2D eigenvalue weighted by Crippen LogP contribution is -2.61. The Hall–Kier alpha value is -3.56. The molecule has 0 aliphatic carbocycles. The number of aliphatic hydroxyl groups is 3. The highest BCUT2D eigenvalue weighted by Gasteiger charge is 2.56. The molecule has 0 bridgehead atoms. The molecule has 3 unspecified atom stereocenters. The SMILES string of the molecule is CC[C@H]1OC(=O)[C@H](C)C(C2C[C@@](C)(OC)[C@@H](N=O)[C@H](C)O2)[C@H](C)[C@@H](O[C@@H]2O[C@H](C)C[C@H](N(C)CCc3cn([C@H](CF)[C@H](OC)c4ccc(S(=O)C(F)F)cc4)nn3)[C@H]2O)[C@](C)(CC)C[C@@H](C)/C(=N\OCOC)[C@H](C)[C@@H](O)[C@]1(C)O. The molecule has 1 aromatic heterocycles. The molecule has 1 aromatic carbocycles. The van der Waals surface area contributed by atoms with E-state index in [1.54, 1.807) is 40.8 Å². The predicted molar refractivity (Wildman–Crippen MR) is 288 cm³/mol. The van der Waals surface area contributed by atoms with Gasteiger partial charge in [-0.15, -0.1) is 5.10 Å². The average Bonchev–Trinajstić information content (AvgIpc) is 3.93. The lowest BCUT2D eigenvalue weighted by molar-refractivity contribution is -0.294. The van der Waals surface area contributed by atoms with Crippen molar-refractivity contribution >= 4 is 22.5 Å². The lowest BCUT2D eigenvalue weighted by Gasteiger charge is -2.52. The first-order valence-corrected chi connectivity index (χ1v) is 28.7. The van der Waals surface area contributed by atoms with Gasteiger partial charge in [-0.2, -0.15) is 13.7 Å². The van der Waals surface area contributed by atoms with E-state index in [-0.39, 0.29) is 24.5 Å². The third-order valence-corrected chi connectivity index (χ3v) is 18.5. The lowest BCUT2D eigenvalue weighted by atomic mass is 9.63. The number of aromatic nitrogens is 3. The summed E-state index contributed by atoms with van der Waals surface area (Å²) in [5, 5.41) is 53.3. The maximum absolute atomic E-state index is 14.9. The van der Waals surface area contributed by atoms with Crippen molar-refractivity contribution in [3.63, 3.8) is 0 Å². The van der Waals surface area contributed by atoms with Crippen molar-refractivity contribution in [3.05, 3.63) is 46.6 Å². The molecular formula is C55H89F3N6O14S. The monoisotopic (exact) mass is 1150 g/mol. The fourth-order valence-corrected chi connectivity index (χ4v) is 13.3. The van der Waals surface area contributed by atoms with E-state index < -0.39 is 149 Å². The van der Waals surface area contributed by atoms with Crippen LogP contribution in [0.1, 0.15) is 132 Å². The number of hydrogen-bond donors (Lipinski definition) is 3. The second-order valence-electron chi connectivity index (χ2n) is 22.9. The Morgan fingerprint density at radius 1 is 1.00 bits per heavy atom. The Bertz CT molecular complexity index is 2310. The van der Waals surface area contributed by atoms with Gasteiger partial charge in [0.2, 0.25) is 6.79 Å². The molecule has 4 heterocycles. The maximum atomic E-state index is 14.9. The quantitative estimate of drug-likeness (QED) is 0.0364. The van der Waals surface area contributed by atoms with Crippen molar-refractivity contribution in [3.8, 4) is 0 Å². The summed E-state index contributed by atoms with van der Waals surface area (Å²) in [6.07, 6.45) is -5.11. The van der Waals surface area contributed by atoms with Crippen LogP contribution in [0.4, 0.5) is 13.2 Å². The molecule has 3 fully saturated rings. The number of rotatable bonds is 21. The molecule has 3 aliphatic heterocycles. The minimum Gasteiger partial charge on any atom is -0.459 e. The van der Waals surface area contributed by atoms with Gasteiger partial charge in [0.1, 0.15) is 53.5 Å². The van der Waals surface area contributed by atoms with Gasteiger partial charge in [-0.1, -0.05) is 76.1 Å². The molecule has 79 heavy (non-hydrogen) atoms. The van der Waals surface area contributed by atoms with Gasteiger partial charge in [0.15, 0.2) is 6.29 Å². The predicted octanol–water partition coefficient (Wildman–Crippen LogP) is 7.34. The largest absolute Gasteiger partial charge is 0.459 e. The van der Waals surface area contributed by atoms with Crippen LogP contribution in [0.5, 0.6) is 0 Å². The summed E-state index contributed by atoms with van der Waals surface area (Å²) >= 11 is 0. The van der Waals surface area contributed by atoms with Gasteiger partial charge in [0.05, 0.1) is 53.4 Å². The van der Waals surface area contributed by atoms with Crippen LogP contribution in [0.2, 0.25) is 0 Å². The molecule has 3 N–H and O–H groups in total. The van der Waals surface area contributed by atoms with E-state index in [1.165, 1.54) is 57.2 Å². The van der Waals surface area contributed by atoms with E-state index in [9.17, 15) is 42.4 Å². The number of cyclic esters (lactones) is 1. The van der Waals surface area contributed by atoms with Crippen molar-refractivity contribution < 1.29 is 75.5 Å². The van der Waals surface area contributed by atoms with E-state index in [0.29, 0.717) is 49.2 Å². The summed E-state index contributed by atoms with van der Waals surface area (Å²) in [6, 6.07) is 3.17. The second kappa shape index (κ2) is 28.6. The number of alkyl halides is 3. The fourth-order valence-electron chi connectivity index (χ4n) is 12.7. The van der Waals surface area contributed by atoms with Crippen LogP contribution in [-0.2, 0) is 60.0 Å². The van der Waals surface area contributed by atoms with Gasteiger partial charge in [0, 0.05) is 69.7 Å². The zero-order chi connectivity index (χ0) is 58.9. The summed E-state index contributed by atoms with van der Waals surface area (Å²) in [7, 11) is 3.72. The Labute approximate surface area is 466 Å². The number of benzene rings is 1. The first kappa shape index (κ1) is 66.2. The second-order valence-corrected chi connectivity index (χ2v) is 24.3. The highest BCUT2D eigenvalue weighted by atomic mass is 32.2. The number of carbonyl (C=O) groups excluding carboxylic acids is 1. The average molecular weight is 1150 g/mol. The molecule has 450 valence electrons. The first-order chi connectivity index (χ1) is 37.2. The molecule has 3 aliphatic rings. The number of carbonyl (C=O) groups is 1. The van der Waals surface area contributed by atoms with Gasteiger partial charge in [-0.05, 0) is 95.4 Å². The van der Waals surface area contributed by atoms with Crippen LogP contribution in [0.3, 0.4) is 0 Å². The number of nitrogens with zero attached hydrogens (tertiary/aromatic N) is 6. The molecule has 20 nitrogen and oxygen atoms in total. The van der Waals surface area contributed by atoms with Crippen LogP contribution in [-0.4, -0.2) is 178 Å². The van der Waals surface area contributed by atoms with Crippen LogP contribution in [0, 0.1) is 39.9 Å². The van der Waals surface area contributed by atoms with Gasteiger partial charge >= 0.3 is 11.7 Å². The smallest absolute Gasteiger partial charge is 0.316 e. The van der Waals surface area contributed by atoms with Crippen LogP contribution in [0.25, 0.3) is 0 Å². The van der Waals surface area contributed by atoms with Gasteiger partial charge < -0.3 is 58.2 Å². The number of ether oxygens (including phenoxy) is 7. The molecular weight excluding hydrogens is 1060 g/mol. The normalized spacial score (nSPS) is 38.0. The van der Waals surface area contributed by atoms with Crippen molar-refractivity contribution in [2.75, 3.05) is 48.4 Å². The molecule has 0 radical (unpaired) electrons. The minimum absolute atomic E-state index is 0.0703. The summed E-state index contributed by atoms with van der Waals surface area (Å²) in [5.41, 5.74) is -2.46. The van der Waals surface area contributed by atoms with Crippen molar-refractivity contribution in [1.82, 2.24) is 19.9 Å². The third-order valence-electron chi connectivity index (χ3n) is 17.5. The Kier molecular flexibility index (Phi) is 24.0. The van der Waals surface area contributed by atoms with Crippen LogP contribution in [0.15, 0.2) is 45.7 Å². The van der Waals surface area contributed by atoms with E-state index in [4.69, 9.17) is 38.0 Å². The summed E-state index contributed by atoms with van der Waals surface area (Å²) in [4.78, 5) is 34.8. The number of hydrogen-bond acceptors (Lipinski definition) is 19. The molecule has 0 saturated carbocycles. The van der Waals surface area contributed by atoms with Gasteiger partial charge in [0.25, 0.3) is 0 Å². The molecule has 0 spiro atoms. The summed E-state index contributed by atoms with van der Waals surface area (Å²) in [6.45, 7) is 19.5. The molecule has 3 saturated heterocycles. The standard InChI is InChI=1S/C55H89F3N6O14S/c1-16-42-55(11,68)48(66)34(7)44(61-74-29-71-13)30(3)25-53(9,17-2)49(32(5)43(33(6)50(67)77-42)41-26-54(10,73-15)47(60-69)35(8)76-41)78-51-45(65)39(24-31(4)75-51)63(12)23-22-37-28-64(62-59-37)40(27-56)46(72-14)36-18-20-38(21-19-36)79(70)52(57)58/h18-21,28,30-35,39-43,45-49,51-52,65-66,68H,16-17,22-27,29H2,1-15H3/b61-44+/t30-,31-,32+,33-,34+,35+,39+,40-,41?,42-,43?,45-,46-,47+,48-,49-,51+,53-,54-,55-,79?/m1/s1. The van der Waals surface area contributed by atoms with Gasteiger partial charge in [-0.25, -0.2) is 13.3 Å². The molecule has 21 atom stereocenters. The number of methoxy groups -OCH3 is 3. The Morgan fingerprint density at radius 3 is 2.24 bits per heavy atom. The van der Waals surface area contributed by atoms with E-state index >= 15 is 0 Å². The van der Waals surface area contributed by atoms with E-state index in [0.717, 1.165) is 0 Å². The zero-order valence-electron chi connectivity index (χ0n) is 48.7. The number of esters is 1. The van der Waals surface area contributed by atoms with Crippen molar-refractivity contribution in [2.24, 2.45) is 45.3 Å². The summed E-state index contributed by atoms with van der Waals surface area (Å²) in [5.74, 6) is -7.21. The molecule has 5 rings (SSSR count). The van der Waals surface area contributed by atoms with Gasteiger partial charge in [-0.3, -0.25) is 4.79 Å². The first-order valence-electron chi connectivity index (χ1n) is 27.5. The number of nitroso groups, excluding NO2 is 1. The highest BCUT2D eigenvalue weighted by Crippen LogP contribution is 2.49. The maximum Gasteiger partial charge on any atom is 0.316 e. The number of halogens is 3. The van der Waals surface area contributed by atoms with Crippen LogP contribution >= 0.6 is 0 Å². The Morgan fingerprint density at radius 2 is 1.67 bits per heavy atom. The number of likely N-dealkylation sites (N-methyl/N-ethyl adjacent to an activating group) is 1. The van der Waals surface area contributed by atoms with E-state index in [1.807, 2.05) is 39.6 Å². The highest BCUT2D eigenvalue weighted by molar-refractivity contribution is 7.85. The topological polar surface area (TPSA) is 244 Å². The van der Waals surface area contributed by atoms with E-state index in [2.05, 4.69) is 27.6 Å². The number of aliphatic hydroxyl groups excluding tert-OH is 2. The number of oxime groups is 1. The molecule has 24 heteroatoms. The molecule has 0 amide bonds. The van der Waals surface area contributed by atoms with Crippen molar-refractivity contribution in [2.45, 2.75) is 210 Å².